The molecule has 6 heteroatoms. The van der Waals surface area contributed by atoms with Gasteiger partial charge in [0.1, 0.15) is 11.6 Å². The Balaban J connectivity index is 1.82. The van der Waals surface area contributed by atoms with Crippen LogP contribution in [-0.2, 0) is 4.79 Å². The normalized spacial score (nSPS) is 21.0. The number of benzene rings is 1. The highest BCUT2D eigenvalue weighted by Crippen LogP contribution is 2.32. The molecule has 2 heterocycles. The van der Waals surface area contributed by atoms with Crippen LogP contribution in [-0.4, -0.2) is 29.1 Å². The number of halogens is 2. The Kier molecular flexibility index (Phi) is 4.05. The average molecular weight is 308 g/mol. The van der Waals surface area contributed by atoms with Gasteiger partial charge in [0, 0.05) is 18.7 Å². The highest BCUT2D eigenvalue weighted by molar-refractivity contribution is 8.18. The number of amides is 1. The van der Waals surface area contributed by atoms with Crippen LogP contribution in [0.25, 0.3) is 6.08 Å². The lowest BCUT2D eigenvalue weighted by atomic mass is 10.1. The zero-order chi connectivity index (χ0) is 14.8. The minimum atomic E-state index is -0.678. The van der Waals surface area contributed by atoms with E-state index >= 15 is 0 Å². The van der Waals surface area contributed by atoms with E-state index in [2.05, 4.69) is 9.89 Å². The quantitative estimate of drug-likeness (QED) is 0.745. The molecule has 21 heavy (non-hydrogen) atoms. The van der Waals surface area contributed by atoms with Gasteiger partial charge in [-0.2, -0.15) is 4.99 Å². The molecule has 0 bridgehead atoms. The molecule has 2 aliphatic heterocycles. The van der Waals surface area contributed by atoms with Crippen molar-refractivity contribution in [2.45, 2.75) is 19.3 Å². The van der Waals surface area contributed by atoms with Gasteiger partial charge in [0.25, 0.3) is 5.91 Å². The number of amidine groups is 1. The molecule has 3 rings (SSSR count). The predicted molar refractivity (Wildman–Crippen MR) is 79.8 cm³/mol. The molecule has 0 radical (unpaired) electrons. The van der Waals surface area contributed by atoms with Crippen LogP contribution < -0.4 is 0 Å². The molecule has 0 N–H and O–H groups in total. The molecular weight excluding hydrogens is 294 g/mol. The van der Waals surface area contributed by atoms with Crippen LogP contribution in [0.2, 0.25) is 0 Å². The number of nitrogens with zero attached hydrogens (tertiary/aromatic N) is 2. The van der Waals surface area contributed by atoms with Crippen molar-refractivity contribution in [3.8, 4) is 0 Å². The van der Waals surface area contributed by atoms with Crippen molar-refractivity contribution in [1.29, 1.82) is 0 Å². The summed E-state index contributed by atoms with van der Waals surface area (Å²) < 4.78 is 27.3. The minimum absolute atomic E-state index is 0.191. The number of likely N-dealkylation sites (tertiary alicyclic amines) is 1. The van der Waals surface area contributed by atoms with Gasteiger partial charge >= 0.3 is 0 Å². The van der Waals surface area contributed by atoms with Crippen LogP contribution in [0, 0.1) is 11.6 Å². The van der Waals surface area contributed by atoms with Gasteiger partial charge in [-0.1, -0.05) is 6.07 Å². The first-order valence-electron chi connectivity index (χ1n) is 6.86. The average Bonchev–Trinajstić information content (AvgIpc) is 2.85. The Morgan fingerprint density at radius 1 is 1.14 bits per heavy atom. The summed E-state index contributed by atoms with van der Waals surface area (Å²) in [4.78, 5) is 18.2. The Hall–Kier alpha value is -1.69. The Labute approximate surface area is 125 Å². The van der Waals surface area contributed by atoms with Crippen LogP contribution in [0.15, 0.2) is 28.1 Å². The fraction of sp³-hybridized carbons (Fsp3) is 0.333. The fourth-order valence-corrected chi connectivity index (χ4v) is 3.34. The number of thioether (sulfide) groups is 1. The third-order valence-corrected chi connectivity index (χ3v) is 4.56. The van der Waals surface area contributed by atoms with Crippen molar-refractivity contribution < 1.29 is 13.6 Å². The summed E-state index contributed by atoms with van der Waals surface area (Å²) in [6.07, 6.45) is 4.59. The maximum atomic E-state index is 13.6. The van der Waals surface area contributed by atoms with Crippen LogP contribution in [0.5, 0.6) is 0 Å². The second-order valence-corrected chi connectivity index (χ2v) is 6.00. The summed E-state index contributed by atoms with van der Waals surface area (Å²) in [5.74, 6) is -1.78. The molecule has 1 aromatic rings. The molecule has 3 nitrogen and oxygen atoms in total. The number of hydrogen-bond acceptors (Lipinski definition) is 3. The molecule has 1 aromatic carbocycles. The number of piperidine rings is 1. The molecular formula is C15H14F2N2OS. The van der Waals surface area contributed by atoms with Crippen molar-refractivity contribution in [2.75, 3.05) is 13.1 Å². The zero-order valence-electron chi connectivity index (χ0n) is 11.3. The number of hydrogen-bond donors (Lipinski definition) is 0. The molecule has 1 fully saturated rings. The second kappa shape index (κ2) is 5.97. The molecule has 110 valence electrons. The summed E-state index contributed by atoms with van der Waals surface area (Å²) in [6.45, 7) is 1.75. The van der Waals surface area contributed by atoms with Gasteiger partial charge in [-0.3, -0.25) is 4.79 Å². The van der Waals surface area contributed by atoms with Gasteiger partial charge in [-0.05, 0) is 49.2 Å². The topological polar surface area (TPSA) is 32.7 Å². The van der Waals surface area contributed by atoms with Gasteiger partial charge in [0.05, 0.1) is 4.91 Å². The molecule has 2 aliphatic rings. The van der Waals surface area contributed by atoms with Crippen molar-refractivity contribution in [3.05, 3.63) is 40.3 Å². The third-order valence-electron chi connectivity index (χ3n) is 3.51. The zero-order valence-corrected chi connectivity index (χ0v) is 12.1. The van der Waals surface area contributed by atoms with Gasteiger partial charge in [-0.15, -0.1) is 0 Å². The maximum Gasteiger partial charge on any atom is 0.286 e. The van der Waals surface area contributed by atoms with Crippen molar-refractivity contribution in [1.82, 2.24) is 4.90 Å². The van der Waals surface area contributed by atoms with Crippen molar-refractivity contribution in [2.24, 2.45) is 4.99 Å². The van der Waals surface area contributed by atoms with Gasteiger partial charge in [0.15, 0.2) is 5.17 Å². The van der Waals surface area contributed by atoms with Crippen LogP contribution in [0.3, 0.4) is 0 Å². The van der Waals surface area contributed by atoms with Gasteiger partial charge < -0.3 is 4.90 Å². The van der Waals surface area contributed by atoms with E-state index in [-0.39, 0.29) is 10.5 Å². The van der Waals surface area contributed by atoms with Crippen LogP contribution in [0.1, 0.15) is 24.8 Å². The second-order valence-electron chi connectivity index (χ2n) is 4.99. The van der Waals surface area contributed by atoms with Gasteiger partial charge in [0.2, 0.25) is 0 Å². The van der Waals surface area contributed by atoms with Crippen molar-refractivity contribution >= 4 is 28.9 Å². The van der Waals surface area contributed by atoms with Crippen molar-refractivity contribution in [3.63, 3.8) is 0 Å². The van der Waals surface area contributed by atoms with E-state index in [1.807, 2.05) is 0 Å². The summed E-state index contributed by atoms with van der Waals surface area (Å²) >= 11 is 1.19. The van der Waals surface area contributed by atoms with E-state index in [4.69, 9.17) is 0 Å². The fourth-order valence-electron chi connectivity index (χ4n) is 2.40. The molecule has 0 atom stereocenters. The van der Waals surface area contributed by atoms with E-state index in [9.17, 15) is 13.6 Å². The minimum Gasteiger partial charge on any atom is -0.351 e. The lowest BCUT2D eigenvalue weighted by Crippen LogP contribution is -2.33. The first kappa shape index (κ1) is 14.3. The summed E-state index contributed by atoms with van der Waals surface area (Å²) in [5.41, 5.74) is -0.191. The molecule has 0 aliphatic carbocycles. The molecule has 0 aromatic heterocycles. The van der Waals surface area contributed by atoms with E-state index < -0.39 is 17.5 Å². The number of aliphatic imine (C=N–C) groups is 1. The first-order valence-corrected chi connectivity index (χ1v) is 7.68. The standard InChI is InChI=1S/C15H14F2N2OS/c16-11-5-4-6-12(17)10(11)9-13-14(20)18-15(21-13)19-7-2-1-3-8-19/h4-6,9H,1-3,7-8H2/b13-9-. The Morgan fingerprint density at radius 3 is 2.48 bits per heavy atom. The smallest absolute Gasteiger partial charge is 0.286 e. The van der Waals surface area contributed by atoms with E-state index in [0.717, 1.165) is 25.9 Å². The predicted octanol–water partition coefficient (Wildman–Crippen LogP) is 3.42. The van der Waals surface area contributed by atoms with Crippen LogP contribution in [0.4, 0.5) is 8.78 Å². The molecule has 0 spiro atoms. The molecule has 0 unspecified atom stereocenters. The number of carbonyl (C=O) groups is 1. The van der Waals surface area contributed by atoms with Crippen LogP contribution >= 0.6 is 11.8 Å². The maximum absolute atomic E-state index is 13.6. The lowest BCUT2D eigenvalue weighted by molar-refractivity contribution is -0.113. The molecule has 1 saturated heterocycles. The summed E-state index contributed by atoms with van der Waals surface area (Å²) in [7, 11) is 0. The van der Waals surface area contributed by atoms with E-state index in [0.29, 0.717) is 5.17 Å². The van der Waals surface area contributed by atoms with Gasteiger partial charge in [-0.25, -0.2) is 8.78 Å². The summed E-state index contributed by atoms with van der Waals surface area (Å²) in [6, 6.07) is 3.64. The summed E-state index contributed by atoms with van der Waals surface area (Å²) in [5, 5.41) is 0.641. The Bertz CT molecular complexity index is 616. The van der Waals surface area contributed by atoms with E-state index in [1.165, 1.54) is 42.5 Å². The third kappa shape index (κ3) is 3.00. The lowest BCUT2D eigenvalue weighted by Gasteiger charge is -2.27. The Morgan fingerprint density at radius 2 is 1.81 bits per heavy atom. The SMILES string of the molecule is O=C1N=C(N2CCCCC2)S/C1=C\c1c(F)cccc1F. The highest BCUT2D eigenvalue weighted by Gasteiger charge is 2.27. The first-order chi connectivity index (χ1) is 10.1. The number of rotatable bonds is 1. The number of carbonyl (C=O) groups excluding carboxylic acids is 1. The monoisotopic (exact) mass is 308 g/mol. The molecule has 0 saturated carbocycles. The molecule has 1 amide bonds. The largest absolute Gasteiger partial charge is 0.351 e. The van der Waals surface area contributed by atoms with E-state index in [1.54, 1.807) is 0 Å². The highest BCUT2D eigenvalue weighted by atomic mass is 32.2.